The number of aliphatic hydroxyl groups is 1. The van der Waals surface area contributed by atoms with Gasteiger partial charge in [0.25, 0.3) is 0 Å². The first kappa shape index (κ1) is 16.3. The van der Waals surface area contributed by atoms with Crippen molar-refractivity contribution in [3.8, 4) is 0 Å². The third-order valence-corrected chi connectivity index (χ3v) is 5.37. The van der Waals surface area contributed by atoms with Crippen LogP contribution in [0.2, 0.25) is 0 Å². The molecule has 5 nitrogen and oxygen atoms in total. The Labute approximate surface area is 149 Å². The van der Waals surface area contributed by atoms with Crippen molar-refractivity contribution in [1.82, 2.24) is 9.97 Å². The number of anilines is 2. The van der Waals surface area contributed by atoms with Gasteiger partial charge in [0.2, 0.25) is 5.95 Å². The summed E-state index contributed by atoms with van der Waals surface area (Å²) in [6, 6.07) is 12.2. The second kappa shape index (κ2) is 7.40. The lowest BCUT2D eigenvalue weighted by molar-refractivity contribution is 0.158. The van der Waals surface area contributed by atoms with Gasteiger partial charge in [-0.3, -0.25) is 0 Å². The van der Waals surface area contributed by atoms with E-state index in [2.05, 4.69) is 14.8 Å². The van der Waals surface area contributed by atoms with E-state index in [0.29, 0.717) is 6.04 Å². The van der Waals surface area contributed by atoms with Gasteiger partial charge in [0.1, 0.15) is 5.82 Å². The average Bonchev–Trinajstić information content (AvgIpc) is 3.35. The Morgan fingerprint density at radius 2 is 1.84 bits per heavy atom. The summed E-state index contributed by atoms with van der Waals surface area (Å²) in [5.41, 5.74) is 0.987. The first-order valence-electron chi connectivity index (χ1n) is 9.39. The molecule has 25 heavy (non-hydrogen) atoms. The molecule has 1 N–H and O–H groups in total. The normalized spacial score (nSPS) is 21.7. The van der Waals surface area contributed by atoms with Gasteiger partial charge in [-0.2, -0.15) is 4.98 Å². The molecule has 0 saturated carbocycles. The SMILES string of the molecule is OC(CC1CCCN1c1nccc(N2CCCC2)n1)c1ccccc1. The molecule has 2 atom stereocenters. The summed E-state index contributed by atoms with van der Waals surface area (Å²) < 4.78 is 0. The van der Waals surface area contributed by atoms with E-state index in [1.165, 1.54) is 12.8 Å². The van der Waals surface area contributed by atoms with Crippen LogP contribution in [0, 0.1) is 0 Å². The molecule has 2 unspecified atom stereocenters. The van der Waals surface area contributed by atoms with Gasteiger partial charge in [-0.15, -0.1) is 0 Å². The van der Waals surface area contributed by atoms with Crippen molar-refractivity contribution < 1.29 is 5.11 Å². The molecule has 2 aromatic rings. The Hall–Kier alpha value is -2.14. The molecular formula is C20H26N4O. The van der Waals surface area contributed by atoms with Crippen LogP contribution in [0.5, 0.6) is 0 Å². The zero-order valence-corrected chi connectivity index (χ0v) is 14.6. The lowest BCUT2D eigenvalue weighted by Gasteiger charge is -2.27. The summed E-state index contributed by atoms with van der Waals surface area (Å²) in [6.45, 7) is 3.15. The third-order valence-electron chi connectivity index (χ3n) is 5.37. The van der Waals surface area contributed by atoms with Crippen LogP contribution in [-0.4, -0.2) is 40.8 Å². The Morgan fingerprint density at radius 1 is 1.04 bits per heavy atom. The van der Waals surface area contributed by atoms with Crippen molar-refractivity contribution in [2.75, 3.05) is 29.4 Å². The van der Waals surface area contributed by atoms with Crippen molar-refractivity contribution >= 4 is 11.8 Å². The topological polar surface area (TPSA) is 52.5 Å². The zero-order valence-electron chi connectivity index (χ0n) is 14.6. The van der Waals surface area contributed by atoms with E-state index in [1.807, 2.05) is 42.6 Å². The van der Waals surface area contributed by atoms with E-state index < -0.39 is 6.10 Å². The van der Waals surface area contributed by atoms with Gasteiger partial charge < -0.3 is 14.9 Å². The fourth-order valence-electron chi connectivity index (χ4n) is 4.01. The van der Waals surface area contributed by atoms with Crippen LogP contribution in [0.25, 0.3) is 0 Å². The molecule has 2 saturated heterocycles. The second-order valence-electron chi connectivity index (χ2n) is 7.06. The third kappa shape index (κ3) is 3.61. The molecule has 2 fully saturated rings. The maximum atomic E-state index is 10.6. The highest BCUT2D eigenvalue weighted by atomic mass is 16.3. The quantitative estimate of drug-likeness (QED) is 0.907. The van der Waals surface area contributed by atoms with Gasteiger partial charge in [-0.05, 0) is 43.7 Å². The molecular weight excluding hydrogens is 312 g/mol. The lowest BCUT2D eigenvalue weighted by Crippen LogP contribution is -2.32. The van der Waals surface area contributed by atoms with E-state index in [-0.39, 0.29) is 0 Å². The molecule has 0 aliphatic carbocycles. The van der Waals surface area contributed by atoms with Crippen molar-refractivity contribution in [2.45, 2.75) is 44.2 Å². The van der Waals surface area contributed by atoms with Gasteiger partial charge in [0.05, 0.1) is 6.10 Å². The molecule has 3 heterocycles. The lowest BCUT2D eigenvalue weighted by atomic mass is 10.0. The van der Waals surface area contributed by atoms with E-state index in [1.54, 1.807) is 0 Å². The first-order valence-corrected chi connectivity index (χ1v) is 9.39. The number of hydrogen-bond acceptors (Lipinski definition) is 5. The molecule has 0 spiro atoms. The minimum atomic E-state index is -0.437. The number of nitrogens with zero attached hydrogens (tertiary/aromatic N) is 4. The van der Waals surface area contributed by atoms with E-state index in [9.17, 15) is 5.11 Å². The molecule has 4 rings (SSSR count). The Bertz CT molecular complexity index is 687. The highest BCUT2D eigenvalue weighted by molar-refractivity contribution is 5.45. The summed E-state index contributed by atoms with van der Waals surface area (Å²) in [7, 11) is 0. The Balaban J connectivity index is 1.48. The van der Waals surface area contributed by atoms with Crippen LogP contribution in [0.15, 0.2) is 42.6 Å². The number of rotatable bonds is 5. The first-order chi connectivity index (χ1) is 12.3. The maximum Gasteiger partial charge on any atom is 0.227 e. The Kier molecular flexibility index (Phi) is 4.83. The standard InChI is InChI=1S/C20H26N4O/c25-18(16-7-2-1-3-8-16)15-17-9-6-14-24(17)20-21-11-10-19(22-20)23-12-4-5-13-23/h1-3,7-8,10-11,17-18,25H,4-6,9,12-15H2. The molecule has 0 bridgehead atoms. The van der Waals surface area contributed by atoms with Crippen LogP contribution in [0.4, 0.5) is 11.8 Å². The van der Waals surface area contributed by atoms with Crippen molar-refractivity contribution in [2.24, 2.45) is 0 Å². The van der Waals surface area contributed by atoms with Gasteiger partial charge in [-0.25, -0.2) is 4.98 Å². The summed E-state index contributed by atoms with van der Waals surface area (Å²) in [5.74, 6) is 1.85. The van der Waals surface area contributed by atoms with Crippen LogP contribution >= 0.6 is 0 Å². The van der Waals surface area contributed by atoms with Crippen LogP contribution in [0.1, 0.15) is 43.8 Å². The molecule has 2 aliphatic heterocycles. The van der Waals surface area contributed by atoms with E-state index in [4.69, 9.17) is 4.98 Å². The predicted molar refractivity (Wildman–Crippen MR) is 99.9 cm³/mol. The number of aliphatic hydroxyl groups excluding tert-OH is 1. The average molecular weight is 338 g/mol. The van der Waals surface area contributed by atoms with Gasteiger partial charge in [0, 0.05) is 31.9 Å². The molecule has 0 amide bonds. The molecule has 2 aliphatic rings. The van der Waals surface area contributed by atoms with Gasteiger partial charge >= 0.3 is 0 Å². The van der Waals surface area contributed by atoms with E-state index in [0.717, 1.165) is 56.2 Å². The minimum Gasteiger partial charge on any atom is -0.388 e. The minimum absolute atomic E-state index is 0.295. The fraction of sp³-hybridized carbons (Fsp3) is 0.500. The van der Waals surface area contributed by atoms with Crippen molar-refractivity contribution in [3.05, 3.63) is 48.2 Å². The number of benzene rings is 1. The largest absolute Gasteiger partial charge is 0.388 e. The van der Waals surface area contributed by atoms with Crippen molar-refractivity contribution in [1.29, 1.82) is 0 Å². The van der Waals surface area contributed by atoms with Gasteiger partial charge in [-0.1, -0.05) is 30.3 Å². The van der Waals surface area contributed by atoms with Crippen LogP contribution < -0.4 is 9.80 Å². The van der Waals surface area contributed by atoms with Crippen LogP contribution in [0.3, 0.4) is 0 Å². The van der Waals surface area contributed by atoms with E-state index >= 15 is 0 Å². The Morgan fingerprint density at radius 3 is 2.64 bits per heavy atom. The molecule has 1 aromatic heterocycles. The summed E-state index contributed by atoms with van der Waals surface area (Å²) in [6.07, 6.45) is 6.86. The molecule has 132 valence electrons. The maximum absolute atomic E-state index is 10.6. The molecule has 5 heteroatoms. The number of hydrogen-bond donors (Lipinski definition) is 1. The highest BCUT2D eigenvalue weighted by Crippen LogP contribution is 2.30. The summed E-state index contributed by atoms with van der Waals surface area (Å²) >= 11 is 0. The smallest absolute Gasteiger partial charge is 0.227 e. The van der Waals surface area contributed by atoms with Gasteiger partial charge in [0.15, 0.2) is 0 Å². The van der Waals surface area contributed by atoms with Crippen LogP contribution in [-0.2, 0) is 0 Å². The highest BCUT2D eigenvalue weighted by Gasteiger charge is 2.29. The monoisotopic (exact) mass is 338 g/mol. The second-order valence-corrected chi connectivity index (χ2v) is 7.06. The summed E-state index contributed by atoms with van der Waals surface area (Å²) in [5, 5.41) is 10.6. The summed E-state index contributed by atoms with van der Waals surface area (Å²) in [4.78, 5) is 14.0. The van der Waals surface area contributed by atoms with Crippen molar-refractivity contribution in [3.63, 3.8) is 0 Å². The number of aromatic nitrogens is 2. The molecule has 0 radical (unpaired) electrons. The fourth-order valence-corrected chi connectivity index (χ4v) is 4.01. The predicted octanol–water partition coefficient (Wildman–Crippen LogP) is 3.17. The molecule has 1 aromatic carbocycles. The zero-order chi connectivity index (χ0) is 17.1.